The largest absolute Gasteiger partial charge is 0.461 e. The van der Waals surface area contributed by atoms with E-state index in [1.54, 1.807) is 0 Å². The zero-order valence-electron chi connectivity index (χ0n) is 7.73. The van der Waals surface area contributed by atoms with Crippen molar-refractivity contribution in [1.29, 1.82) is 0 Å². The number of carbonyl (C=O) groups excluding carboxylic acids is 1. The van der Waals surface area contributed by atoms with Crippen LogP contribution in [-0.2, 0) is 9.53 Å². The summed E-state index contributed by atoms with van der Waals surface area (Å²) < 4.78 is 5.83. The maximum atomic E-state index is 11.6. The average Bonchev–Trinajstić information content (AvgIpc) is 2.50. The SMILES string of the molecule is O=C1O[C@H]2[C@@H](I)[C@@H]3CC[C@@H]2[C@H]1[C@@H]3CO. The minimum atomic E-state index is -0.0529. The number of halogens is 1. The molecule has 78 valence electrons. The van der Waals surface area contributed by atoms with Gasteiger partial charge in [-0.25, -0.2) is 0 Å². The number of aliphatic hydroxyl groups is 1. The molecule has 4 rings (SSSR count). The third-order valence-electron chi connectivity index (χ3n) is 4.19. The lowest BCUT2D eigenvalue weighted by atomic mass is 9.59. The molecule has 0 aromatic carbocycles. The lowest BCUT2D eigenvalue weighted by molar-refractivity contribution is -0.144. The van der Waals surface area contributed by atoms with Gasteiger partial charge in [0.2, 0.25) is 0 Å². The van der Waals surface area contributed by atoms with Crippen LogP contribution in [0.1, 0.15) is 12.8 Å². The van der Waals surface area contributed by atoms with Gasteiger partial charge in [-0.3, -0.25) is 4.79 Å². The van der Waals surface area contributed by atoms with Crippen molar-refractivity contribution in [2.24, 2.45) is 23.7 Å². The van der Waals surface area contributed by atoms with Crippen molar-refractivity contribution in [1.82, 2.24) is 0 Å². The van der Waals surface area contributed by atoms with Gasteiger partial charge in [-0.15, -0.1) is 0 Å². The number of hydrogen-bond donors (Lipinski definition) is 1. The third kappa shape index (κ3) is 0.988. The number of rotatable bonds is 1. The van der Waals surface area contributed by atoms with Gasteiger partial charge in [-0.2, -0.15) is 0 Å². The van der Waals surface area contributed by atoms with Crippen LogP contribution in [0.3, 0.4) is 0 Å². The van der Waals surface area contributed by atoms with E-state index in [0.29, 0.717) is 15.8 Å². The van der Waals surface area contributed by atoms with Crippen molar-refractivity contribution in [2.45, 2.75) is 22.9 Å². The Labute approximate surface area is 96.3 Å². The zero-order valence-corrected chi connectivity index (χ0v) is 9.88. The van der Waals surface area contributed by atoms with E-state index in [0.717, 1.165) is 12.8 Å². The van der Waals surface area contributed by atoms with Crippen LogP contribution in [0.25, 0.3) is 0 Å². The summed E-state index contributed by atoms with van der Waals surface area (Å²) in [7, 11) is 0. The van der Waals surface area contributed by atoms with Gasteiger partial charge in [0.25, 0.3) is 0 Å². The first kappa shape index (κ1) is 9.39. The highest BCUT2D eigenvalue weighted by molar-refractivity contribution is 14.1. The topological polar surface area (TPSA) is 46.5 Å². The summed E-state index contributed by atoms with van der Waals surface area (Å²) in [6.07, 6.45) is 2.42. The fraction of sp³-hybridized carbons (Fsp3) is 0.900. The molecule has 1 heterocycles. The van der Waals surface area contributed by atoms with Gasteiger partial charge in [0.15, 0.2) is 0 Å². The molecule has 4 aliphatic rings. The molecular weight excluding hydrogens is 295 g/mol. The van der Waals surface area contributed by atoms with Crippen molar-refractivity contribution in [2.75, 3.05) is 6.61 Å². The maximum Gasteiger partial charge on any atom is 0.310 e. The molecule has 0 unspecified atom stereocenters. The van der Waals surface area contributed by atoms with E-state index in [9.17, 15) is 9.90 Å². The lowest BCUT2D eigenvalue weighted by Gasteiger charge is -2.47. The predicted molar refractivity (Wildman–Crippen MR) is 58.0 cm³/mol. The molecule has 1 saturated heterocycles. The highest BCUT2D eigenvalue weighted by Gasteiger charge is 2.61. The molecule has 0 radical (unpaired) electrons. The highest BCUT2D eigenvalue weighted by atomic mass is 127. The molecule has 0 amide bonds. The number of alkyl halides is 1. The van der Waals surface area contributed by atoms with Crippen molar-refractivity contribution >= 4 is 28.6 Å². The summed E-state index contributed by atoms with van der Waals surface area (Å²) in [4.78, 5) is 11.6. The van der Waals surface area contributed by atoms with Gasteiger partial charge < -0.3 is 9.84 Å². The molecule has 4 fully saturated rings. The minimum Gasteiger partial charge on any atom is -0.461 e. The van der Waals surface area contributed by atoms with Crippen LogP contribution < -0.4 is 0 Å². The first-order valence-corrected chi connectivity index (χ1v) is 6.44. The molecule has 14 heavy (non-hydrogen) atoms. The Morgan fingerprint density at radius 2 is 2.14 bits per heavy atom. The molecule has 3 aliphatic carbocycles. The summed E-state index contributed by atoms with van der Waals surface area (Å²) in [5.74, 6) is 1.01. The van der Waals surface area contributed by atoms with E-state index in [-0.39, 0.29) is 30.5 Å². The summed E-state index contributed by atoms with van der Waals surface area (Å²) in [5.41, 5.74) is 0. The monoisotopic (exact) mass is 308 g/mol. The second-order valence-electron chi connectivity index (χ2n) is 4.62. The zero-order chi connectivity index (χ0) is 9.87. The molecule has 0 spiro atoms. The van der Waals surface area contributed by atoms with Crippen LogP contribution in [0.15, 0.2) is 0 Å². The average molecular weight is 308 g/mol. The van der Waals surface area contributed by atoms with Crippen LogP contribution in [0, 0.1) is 23.7 Å². The molecule has 1 aliphatic heterocycles. The quantitative estimate of drug-likeness (QED) is 0.446. The van der Waals surface area contributed by atoms with Crippen LogP contribution in [0.2, 0.25) is 0 Å². The Morgan fingerprint density at radius 1 is 1.43 bits per heavy atom. The number of esters is 1. The molecule has 0 aromatic rings. The Balaban J connectivity index is 2.01. The molecule has 4 heteroatoms. The van der Waals surface area contributed by atoms with Gasteiger partial charge >= 0.3 is 5.97 Å². The Kier molecular flexibility index (Phi) is 2.06. The summed E-state index contributed by atoms with van der Waals surface area (Å²) >= 11 is 2.40. The van der Waals surface area contributed by atoms with E-state index >= 15 is 0 Å². The number of hydrogen-bond acceptors (Lipinski definition) is 3. The van der Waals surface area contributed by atoms with Crippen molar-refractivity contribution in [3.8, 4) is 0 Å². The number of aliphatic hydroxyl groups excluding tert-OH is 1. The Morgan fingerprint density at radius 3 is 2.86 bits per heavy atom. The van der Waals surface area contributed by atoms with E-state index in [1.807, 2.05) is 0 Å². The fourth-order valence-corrected chi connectivity index (χ4v) is 5.14. The number of ether oxygens (including phenoxy) is 1. The second-order valence-corrected chi connectivity index (χ2v) is 6.06. The normalized spacial score (nSPS) is 54.9. The smallest absolute Gasteiger partial charge is 0.310 e. The molecule has 4 bridgehead atoms. The van der Waals surface area contributed by atoms with Gasteiger partial charge in [-0.05, 0) is 24.7 Å². The predicted octanol–water partition coefficient (Wildman–Crippen LogP) is 0.980. The number of fused-ring (bicyclic) bond motifs is 1. The highest BCUT2D eigenvalue weighted by Crippen LogP contribution is 2.56. The Hall–Kier alpha value is 0.160. The molecule has 1 N–H and O–H groups in total. The minimum absolute atomic E-state index is 0.00904. The summed E-state index contributed by atoms with van der Waals surface area (Å²) in [6.45, 7) is 0.146. The van der Waals surface area contributed by atoms with Gasteiger partial charge in [0, 0.05) is 12.5 Å². The second kappa shape index (κ2) is 3.07. The lowest BCUT2D eigenvalue weighted by Crippen LogP contribution is -2.51. The molecule has 3 saturated carbocycles. The van der Waals surface area contributed by atoms with E-state index in [4.69, 9.17) is 4.74 Å². The third-order valence-corrected chi connectivity index (χ3v) is 5.82. The first-order valence-electron chi connectivity index (χ1n) is 5.19. The van der Waals surface area contributed by atoms with E-state index < -0.39 is 0 Å². The summed E-state index contributed by atoms with van der Waals surface area (Å²) in [5, 5.41) is 9.36. The standard InChI is InChI=1S/C10H13IO3/c11-8-4-1-2-5-7(6(4)3-12)10(13)14-9(5)8/h4-9,12H,1-3H2/t4-,5-,6-,7+,8+,9-/m1/s1. The van der Waals surface area contributed by atoms with E-state index in [1.165, 1.54) is 0 Å². The van der Waals surface area contributed by atoms with Crippen LogP contribution in [0.4, 0.5) is 0 Å². The molecule has 0 aromatic heterocycles. The van der Waals surface area contributed by atoms with Crippen molar-refractivity contribution < 1.29 is 14.6 Å². The fourth-order valence-electron chi connectivity index (χ4n) is 3.57. The van der Waals surface area contributed by atoms with Gasteiger partial charge in [0.05, 0.1) is 9.84 Å². The van der Waals surface area contributed by atoms with Crippen LogP contribution in [0.5, 0.6) is 0 Å². The van der Waals surface area contributed by atoms with Crippen molar-refractivity contribution in [3.05, 3.63) is 0 Å². The van der Waals surface area contributed by atoms with Gasteiger partial charge in [0.1, 0.15) is 6.10 Å². The van der Waals surface area contributed by atoms with Crippen LogP contribution in [-0.4, -0.2) is 27.7 Å². The van der Waals surface area contributed by atoms with Gasteiger partial charge in [-0.1, -0.05) is 22.6 Å². The van der Waals surface area contributed by atoms with Crippen LogP contribution >= 0.6 is 22.6 Å². The first-order chi connectivity index (χ1) is 6.74. The molecule has 6 atom stereocenters. The van der Waals surface area contributed by atoms with Crippen molar-refractivity contribution in [3.63, 3.8) is 0 Å². The summed E-state index contributed by atoms with van der Waals surface area (Å²) in [6, 6.07) is 0. The Bertz CT molecular complexity index is 281. The van der Waals surface area contributed by atoms with E-state index in [2.05, 4.69) is 22.6 Å². The molecule has 3 nitrogen and oxygen atoms in total. The number of carbonyl (C=O) groups is 1. The molecular formula is C10H13IO3. The maximum absolute atomic E-state index is 11.6.